The molecule has 0 spiro atoms. The van der Waals surface area contributed by atoms with Crippen LogP contribution in [0, 0.1) is 0 Å². The van der Waals surface area contributed by atoms with Gasteiger partial charge in [-0.1, -0.05) is 18.2 Å². The van der Waals surface area contributed by atoms with Gasteiger partial charge >= 0.3 is 0 Å². The van der Waals surface area contributed by atoms with Gasteiger partial charge in [-0.25, -0.2) is 0 Å². The van der Waals surface area contributed by atoms with Crippen LogP contribution in [0.2, 0.25) is 19.6 Å². The predicted molar refractivity (Wildman–Crippen MR) is 92.7 cm³/mol. The van der Waals surface area contributed by atoms with Crippen LogP contribution in [-0.2, 0) is 0 Å². The van der Waals surface area contributed by atoms with Crippen LogP contribution in [0.15, 0.2) is 29.3 Å². The van der Waals surface area contributed by atoms with Crippen molar-refractivity contribution in [2.75, 3.05) is 6.54 Å². The molecule has 0 aliphatic carbocycles. The molecule has 0 N–H and O–H groups in total. The predicted octanol–water partition coefficient (Wildman–Crippen LogP) is 4.47. The summed E-state index contributed by atoms with van der Waals surface area (Å²) < 4.78 is 6.20. The Kier molecular flexibility index (Phi) is 5.09. The second-order valence-corrected chi connectivity index (χ2v) is 11.4. The van der Waals surface area contributed by atoms with Gasteiger partial charge in [0.05, 0.1) is 12.4 Å². The van der Waals surface area contributed by atoms with Crippen molar-refractivity contribution >= 4 is 14.7 Å². The van der Waals surface area contributed by atoms with Crippen LogP contribution >= 0.6 is 0 Å². The molecule has 0 amide bonds. The monoisotopic (exact) mass is 304 g/mol. The first-order valence-electron chi connectivity index (χ1n) is 7.94. The van der Waals surface area contributed by atoms with E-state index in [2.05, 4.69) is 56.6 Å². The lowest BCUT2D eigenvalue weighted by molar-refractivity contribution is 0.424. The van der Waals surface area contributed by atoms with Gasteiger partial charge in [0.25, 0.3) is 0 Å². The Bertz CT molecular complexity index is 496. The van der Waals surface area contributed by atoms with E-state index in [9.17, 15) is 0 Å². The summed E-state index contributed by atoms with van der Waals surface area (Å²) >= 11 is 0. The lowest BCUT2D eigenvalue weighted by Gasteiger charge is -2.23. The number of benzene rings is 1. The molecule has 1 aliphatic heterocycles. The number of hydrogen-bond donors (Lipinski definition) is 0. The molecule has 0 radical (unpaired) electrons. The Morgan fingerprint density at radius 1 is 1.33 bits per heavy atom. The fourth-order valence-electron chi connectivity index (χ4n) is 2.64. The summed E-state index contributed by atoms with van der Waals surface area (Å²) in [4.78, 5) is 7.10. The average molecular weight is 305 g/mol. The topological polar surface area (TPSA) is 24.8 Å². The Morgan fingerprint density at radius 3 is 2.67 bits per heavy atom. The van der Waals surface area contributed by atoms with E-state index in [4.69, 9.17) is 9.42 Å². The van der Waals surface area contributed by atoms with Crippen LogP contribution in [0.4, 0.5) is 0 Å². The lowest BCUT2D eigenvalue weighted by Crippen LogP contribution is -2.30. The fourth-order valence-corrected chi connectivity index (χ4v) is 3.49. The van der Waals surface area contributed by atoms with E-state index >= 15 is 0 Å². The van der Waals surface area contributed by atoms with E-state index in [1.807, 2.05) is 12.4 Å². The zero-order valence-electron chi connectivity index (χ0n) is 14.0. The number of nitrogens with zero attached hydrogens (tertiary/aromatic N) is 2. The minimum absolute atomic E-state index is 0.130. The first-order chi connectivity index (χ1) is 9.87. The molecule has 0 aromatic heterocycles. The molecule has 3 nitrogen and oxygen atoms in total. The quantitative estimate of drug-likeness (QED) is 0.455. The first kappa shape index (κ1) is 16.1. The molecule has 21 heavy (non-hydrogen) atoms. The molecule has 2 atom stereocenters. The van der Waals surface area contributed by atoms with Crippen LogP contribution in [-0.4, -0.2) is 32.1 Å². The van der Waals surface area contributed by atoms with Crippen LogP contribution in [0.1, 0.15) is 38.3 Å². The molecule has 0 saturated carbocycles. The SMILES string of the molecule is CC(N=CN1CCCC1C)c1ccccc1O[Si](C)(C)C. The smallest absolute Gasteiger partial charge is 0.242 e. The van der Waals surface area contributed by atoms with E-state index in [1.54, 1.807) is 0 Å². The molecule has 0 bridgehead atoms. The van der Waals surface area contributed by atoms with Gasteiger partial charge in [-0.15, -0.1) is 0 Å². The van der Waals surface area contributed by atoms with Gasteiger partial charge in [0.1, 0.15) is 5.75 Å². The molecule has 1 aromatic rings. The maximum absolute atomic E-state index is 6.20. The van der Waals surface area contributed by atoms with Gasteiger partial charge in [-0.05, 0) is 52.4 Å². The lowest BCUT2D eigenvalue weighted by atomic mass is 10.1. The second kappa shape index (κ2) is 6.65. The number of hydrogen-bond acceptors (Lipinski definition) is 2. The van der Waals surface area contributed by atoms with Crippen molar-refractivity contribution in [3.63, 3.8) is 0 Å². The molecular formula is C17H28N2OSi. The van der Waals surface area contributed by atoms with Crippen molar-refractivity contribution in [3.8, 4) is 5.75 Å². The third-order valence-corrected chi connectivity index (χ3v) is 4.66. The molecule has 116 valence electrons. The molecule has 1 fully saturated rings. The fraction of sp³-hybridized carbons (Fsp3) is 0.588. The zero-order chi connectivity index (χ0) is 15.5. The Morgan fingerprint density at radius 2 is 2.05 bits per heavy atom. The van der Waals surface area contributed by atoms with Crippen LogP contribution in [0.25, 0.3) is 0 Å². The van der Waals surface area contributed by atoms with Gasteiger partial charge < -0.3 is 9.33 Å². The van der Waals surface area contributed by atoms with Crippen LogP contribution in [0.5, 0.6) is 5.75 Å². The summed E-state index contributed by atoms with van der Waals surface area (Å²) in [5, 5.41) is 0. The Hall–Kier alpha value is -1.29. The Labute approximate surface area is 130 Å². The van der Waals surface area contributed by atoms with Crippen molar-refractivity contribution in [1.29, 1.82) is 0 Å². The summed E-state index contributed by atoms with van der Waals surface area (Å²) in [7, 11) is -1.60. The standard InChI is InChI=1S/C17H28N2OSi/c1-14-9-8-12-19(14)13-18-15(2)16-10-6-7-11-17(16)20-21(3,4)5/h6-7,10-11,13-15H,8-9,12H2,1-5H3. The average Bonchev–Trinajstić information content (AvgIpc) is 2.80. The van der Waals surface area contributed by atoms with Gasteiger partial charge in [-0.2, -0.15) is 0 Å². The summed E-state index contributed by atoms with van der Waals surface area (Å²) in [6, 6.07) is 9.05. The third-order valence-electron chi connectivity index (χ3n) is 3.83. The van der Waals surface area contributed by atoms with E-state index < -0.39 is 8.32 Å². The summed E-state index contributed by atoms with van der Waals surface area (Å²) in [6.07, 6.45) is 4.58. The van der Waals surface area contributed by atoms with Gasteiger partial charge in [-0.3, -0.25) is 4.99 Å². The highest BCUT2D eigenvalue weighted by Gasteiger charge is 2.20. The number of aliphatic imine (C=N–C) groups is 1. The highest BCUT2D eigenvalue weighted by molar-refractivity contribution is 6.70. The first-order valence-corrected chi connectivity index (χ1v) is 11.3. The van der Waals surface area contributed by atoms with Gasteiger partial charge in [0.15, 0.2) is 0 Å². The molecular weight excluding hydrogens is 276 g/mol. The molecule has 1 aromatic carbocycles. The maximum atomic E-state index is 6.20. The number of para-hydroxylation sites is 1. The normalized spacial score (nSPS) is 21.0. The second-order valence-electron chi connectivity index (χ2n) is 6.92. The summed E-state index contributed by atoms with van der Waals surface area (Å²) in [6.45, 7) is 12.2. The van der Waals surface area contributed by atoms with Gasteiger partial charge in [0.2, 0.25) is 8.32 Å². The van der Waals surface area contributed by atoms with Gasteiger partial charge in [0, 0.05) is 18.2 Å². The zero-order valence-corrected chi connectivity index (χ0v) is 15.0. The molecule has 1 aliphatic rings. The highest BCUT2D eigenvalue weighted by Crippen LogP contribution is 2.29. The summed E-state index contributed by atoms with van der Waals surface area (Å²) in [5.74, 6) is 0.996. The molecule has 1 heterocycles. The van der Waals surface area contributed by atoms with E-state index in [0.717, 1.165) is 12.3 Å². The number of likely N-dealkylation sites (tertiary alicyclic amines) is 1. The van der Waals surface area contributed by atoms with E-state index in [0.29, 0.717) is 6.04 Å². The molecule has 1 saturated heterocycles. The maximum Gasteiger partial charge on any atom is 0.242 e. The molecule has 2 rings (SSSR count). The highest BCUT2D eigenvalue weighted by atomic mass is 28.4. The van der Waals surface area contributed by atoms with Crippen molar-refractivity contribution in [2.45, 2.75) is 58.4 Å². The Balaban J connectivity index is 2.11. The van der Waals surface area contributed by atoms with E-state index in [-0.39, 0.29) is 6.04 Å². The van der Waals surface area contributed by atoms with Crippen molar-refractivity contribution in [3.05, 3.63) is 29.8 Å². The molecule has 4 heteroatoms. The number of rotatable bonds is 5. The molecule has 2 unspecified atom stereocenters. The minimum Gasteiger partial charge on any atom is -0.544 e. The van der Waals surface area contributed by atoms with Crippen LogP contribution < -0.4 is 4.43 Å². The van der Waals surface area contributed by atoms with Crippen molar-refractivity contribution in [2.24, 2.45) is 4.99 Å². The largest absolute Gasteiger partial charge is 0.544 e. The summed E-state index contributed by atoms with van der Waals surface area (Å²) in [5.41, 5.74) is 1.18. The minimum atomic E-state index is -1.60. The van der Waals surface area contributed by atoms with E-state index in [1.165, 1.54) is 18.4 Å². The van der Waals surface area contributed by atoms with Crippen molar-refractivity contribution < 1.29 is 4.43 Å². The van der Waals surface area contributed by atoms with Crippen molar-refractivity contribution in [1.82, 2.24) is 4.90 Å². The third kappa shape index (κ3) is 4.60. The van der Waals surface area contributed by atoms with Crippen LogP contribution in [0.3, 0.4) is 0 Å².